The lowest BCUT2D eigenvalue weighted by atomic mass is 9.81. The van der Waals surface area contributed by atoms with Crippen LogP contribution in [0.5, 0.6) is 0 Å². The number of nitrogens with zero attached hydrogens (tertiary/aromatic N) is 4. The molecule has 0 aromatic heterocycles. The average Bonchev–Trinajstić information content (AvgIpc) is 1.61. The molecule has 524 valence electrons. The number of anilines is 3. The molecule has 19 nitrogen and oxygen atoms in total. The molecular weight excluding hydrogens is 1320 g/mol. The third kappa shape index (κ3) is 18.6. The number of halogens is 1. The fourth-order valence-corrected chi connectivity index (χ4v) is 14.2. The van der Waals surface area contributed by atoms with Crippen LogP contribution in [0.1, 0.15) is 143 Å². The number of hydrogen-bond donors (Lipinski definition) is 4. The Hall–Kier alpha value is -8.74. The number of carboxylic acids is 2. The number of carboxylic acid groups (broad SMARTS) is 2. The van der Waals surface area contributed by atoms with Crippen molar-refractivity contribution in [3.8, 4) is 0 Å². The molecule has 0 aliphatic carbocycles. The normalized spacial score (nSPS) is 16.4. The summed E-state index contributed by atoms with van der Waals surface area (Å²) in [5.74, 6) is -1.60. The molecule has 0 fully saturated rings. The van der Waals surface area contributed by atoms with E-state index in [1.165, 1.54) is 52.5 Å². The molecule has 0 unspecified atom stereocenters. The highest BCUT2D eigenvalue weighted by Gasteiger charge is 2.47. The van der Waals surface area contributed by atoms with Gasteiger partial charge in [0.05, 0.1) is 26.0 Å². The minimum atomic E-state index is -4.94. The third-order valence-electron chi connectivity index (χ3n) is 18.4. The molecule has 7 aromatic rings. The van der Waals surface area contributed by atoms with E-state index in [4.69, 9.17) is 28.8 Å². The van der Waals surface area contributed by atoms with Crippen molar-refractivity contribution in [2.75, 3.05) is 23.3 Å². The number of aliphatic carboxylic acids is 2. The zero-order valence-corrected chi connectivity index (χ0v) is 58.9. The van der Waals surface area contributed by atoms with Crippen LogP contribution >= 0.6 is 0 Å². The van der Waals surface area contributed by atoms with E-state index in [0.29, 0.717) is 25.9 Å². The second-order valence-corrected chi connectivity index (χ2v) is 29.9. The van der Waals surface area contributed by atoms with E-state index < -0.39 is 53.2 Å². The van der Waals surface area contributed by atoms with Crippen LogP contribution in [0.15, 0.2) is 222 Å². The lowest BCUT2D eigenvalue weighted by Gasteiger charge is -2.27. The summed E-state index contributed by atoms with van der Waals surface area (Å²) in [4.78, 5) is 23.7. The molecule has 99 heavy (non-hydrogen) atoms. The predicted octanol–water partition coefficient (Wildman–Crippen LogP) is 11.9. The number of allylic oxidation sites excluding steroid dienone is 5. The zero-order valence-electron chi connectivity index (χ0n) is 56.5. The monoisotopic (exact) mass is 1410 g/mol. The maximum absolute atomic E-state index is 11.9. The van der Waals surface area contributed by atoms with E-state index in [-0.39, 0.29) is 40.9 Å². The molecule has 0 bridgehead atoms. The molecule has 4 heterocycles. The summed E-state index contributed by atoms with van der Waals surface area (Å²) in [6, 6.07) is 57.0. The number of carbonyl (C=O) groups is 2. The van der Waals surface area contributed by atoms with Crippen LogP contribution in [-0.4, -0.2) is 87.5 Å². The summed E-state index contributed by atoms with van der Waals surface area (Å²) in [6.07, 6.45) is 14.7. The lowest BCUT2D eigenvalue weighted by Crippen LogP contribution is -2.68. The molecule has 22 heteroatoms. The van der Waals surface area contributed by atoms with Crippen LogP contribution < -0.4 is 33.4 Å². The van der Waals surface area contributed by atoms with E-state index in [0.717, 1.165) is 82.4 Å². The molecule has 4 aliphatic rings. The van der Waals surface area contributed by atoms with Gasteiger partial charge in [0.1, 0.15) is 23.2 Å². The quantitative estimate of drug-likeness (QED) is 0.0295. The van der Waals surface area contributed by atoms with Crippen molar-refractivity contribution in [1.82, 2.24) is 4.58 Å². The van der Waals surface area contributed by atoms with Crippen molar-refractivity contribution < 1.29 is 83.8 Å². The molecule has 0 saturated heterocycles. The molecule has 0 atom stereocenters. The number of benzene rings is 7. The third-order valence-corrected chi connectivity index (χ3v) is 20.1. The molecule has 7 aromatic carbocycles. The van der Waals surface area contributed by atoms with Gasteiger partial charge in [-0.1, -0.05) is 118 Å². The van der Waals surface area contributed by atoms with Crippen molar-refractivity contribution in [2.45, 2.75) is 153 Å². The number of fused-ring (bicyclic) bond motifs is 4. The Morgan fingerprint density at radius 3 is 1.51 bits per heavy atom. The summed E-state index contributed by atoms with van der Waals surface area (Å²) >= 11 is 0. The van der Waals surface area contributed by atoms with Gasteiger partial charge in [-0.25, -0.2) is 27.1 Å². The van der Waals surface area contributed by atoms with Crippen LogP contribution in [0.25, 0.3) is 0 Å². The first kappa shape index (κ1) is 77.6. The van der Waals surface area contributed by atoms with Crippen LogP contribution in [0.2, 0.25) is 0 Å². The van der Waals surface area contributed by atoms with Gasteiger partial charge in [-0.3, -0.25) is 14.1 Å². The van der Waals surface area contributed by atoms with Crippen molar-refractivity contribution in [3.63, 3.8) is 0 Å². The van der Waals surface area contributed by atoms with Crippen molar-refractivity contribution in [3.05, 3.63) is 234 Å². The first-order valence-electron chi connectivity index (χ1n) is 32.2. The van der Waals surface area contributed by atoms with Gasteiger partial charge in [-0.2, -0.15) is 22.1 Å². The van der Waals surface area contributed by atoms with Crippen molar-refractivity contribution in [2.24, 2.45) is 0 Å². The van der Waals surface area contributed by atoms with Crippen LogP contribution in [0, 0.1) is 10.2 Å². The van der Waals surface area contributed by atoms with E-state index in [1.54, 1.807) is 12.1 Å². The fourth-order valence-electron chi connectivity index (χ4n) is 13.2. The van der Waals surface area contributed by atoms with Gasteiger partial charge in [0.15, 0.2) is 17.1 Å². The largest absolute Gasteiger partial charge is 0.744 e. The number of para-hydroxylation sites is 5. The topological polar surface area (TPSA) is 303 Å². The standard InChI is InChI=1S/C35H38N2O5S.C24H28N2O5S.C17H18N.CH4.ClHO4/c1-34(2)27-16-10-11-17-30(27)37(25-14-7-5-8-15-25)32(34)19-13-18-31-35(3,4)28-24-26(43(40,41)42)21-22-29(28)36(31)23-12-6-9-20-33(38)39;1-24(2)20-17-19(32(29,30)31)12-13-21(20)26(16-8-4-7-11-23(27)28)22(24)14-15-25-18-9-5-3-6-10-18;1-13-17(2,3)15-11-7-8-12-16(15)18(13)14-9-5-4-6-10-14;;2-1(3,4)5/h5,7-8,10-11,13-19,21-22,24H,6,9,12,20,23H2,1-4H3,(H-,38,39,40,41,42);3,5-6,9-10,12-15,17H,4,7-8,11,16H2,1-2H3,(H2,27,28,29,30,31);4-12H,1-3H3;1H4;(H,2,3,4,5)/q;;+1;;. The average molecular weight is 1410 g/mol. The molecule has 4 N–H and O–H groups in total. The Balaban J connectivity index is 0.000000215. The number of nitrogens with one attached hydrogen (secondary N) is 1. The summed E-state index contributed by atoms with van der Waals surface area (Å²) in [6.45, 7) is 20.7. The van der Waals surface area contributed by atoms with Gasteiger partial charge < -0.3 is 25.0 Å². The van der Waals surface area contributed by atoms with Gasteiger partial charge in [0.2, 0.25) is 22.7 Å². The van der Waals surface area contributed by atoms with E-state index >= 15 is 0 Å². The predicted molar refractivity (Wildman–Crippen MR) is 378 cm³/mol. The summed E-state index contributed by atoms with van der Waals surface area (Å²) in [7, 11) is -13.9. The van der Waals surface area contributed by atoms with Gasteiger partial charge in [0, 0.05) is 126 Å². The second kappa shape index (κ2) is 32.1. The smallest absolute Gasteiger partial charge is 0.303 e. The first-order chi connectivity index (χ1) is 46.1. The van der Waals surface area contributed by atoms with E-state index in [2.05, 4.69) is 168 Å². The zero-order chi connectivity index (χ0) is 71.6. The van der Waals surface area contributed by atoms with Crippen LogP contribution in [0.3, 0.4) is 0 Å². The lowest BCUT2D eigenvalue weighted by molar-refractivity contribution is -2.00. The molecule has 0 amide bonds. The Labute approximate surface area is 584 Å². The Bertz CT molecular complexity index is 4500. The van der Waals surface area contributed by atoms with Crippen molar-refractivity contribution >= 4 is 89.1 Å². The molecular formula is C77H89ClN5O14S2+. The highest BCUT2D eigenvalue weighted by Crippen LogP contribution is 2.51. The van der Waals surface area contributed by atoms with Gasteiger partial charge in [-0.15, -0.1) is 10.2 Å². The Kier molecular flexibility index (Phi) is 25.1. The SMILES string of the molecule is C.CC1(C)C(/C=C/Nc2ccccc2)=[N+](CCCCCC(=O)O)c2ccc(S(=O)(=O)O)cc21.CC1(C)C(=CC=CC2=[N+](CCCCCC(=O)O)c3ccc(S(=O)(=O)[O-])cc3C2(C)C)N(c2ccccc2)c2ccccc21.CC1=[N+](c2ccccc2)c2ccccc2C1(C)C.[O-][Cl+3]([O-])([O-])[O-]. The summed E-state index contributed by atoms with van der Waals surface area (Å²) < 4.78 is 109. The molecule has 0 radical (unpaired) electrons. The summed E-state index contributed by atoms with van der Waals surface area (Å²) in [5, 5.41) is 21.1. The molecule has 0 spiro atoms. The van der Waals surface area contributed by atoms with E-state index in [9.17, 15) is 35.5 Å². The minimum Gasteiger partial charge on any atom is -0.744 e. The van der Waals surface area contributed by atoms with E-state index in [1.807, 2.05) is 88.5 Å². The maximum Gasteiger partial charge on any atom is 0.303 e. The number of unbranched alkanes of at least 4 members (excludes halogenated alkanes) is 4. The van der Waals surface area contributed by atoms with Crippen LogP contribution in [-0.2, 0) is 51.5 Å². The molecule has 0 saturated carbocycles. The van der Waals surface area contributed by atoms with Gasteiger partial charge >= 0.3 is 11.9 Å². The number of hydrogen-bond acceptors (Lipinski definition) is 13. The van der Waals surface area contributed by atoms with Crippen LogP contribution in [0.4, 0.5) is 39.8 Å². The number of rotatable bonds is 21. The highest BCUT2D eigenvalue weighted by molar-refractivity contribution is 7.86. The first-order valence-corrected chi connectivity index (χ1v) is 36.3. The van der Waals surface area contributed by atoms with Gasteiger partial charge in [0.25, 0.3) is 10.1 Å². The minimum absolute atomic E-state index is 0. The Morgan fingerprint density at radius 1 is 0.535 bits per heavy atom. The fraction of sp³-hybridized carbons (Fsp3) is 0.312. The molecule has 4 aliphatic heterocycles. The van der Waals surface area contributed by atoms with Gasteiger partial charge in [-0.05, 0) is 133 Å². The second-order valence-electron chi connectivity index (χ2n) is 26.4. The highest BCUT2D eigenvalue weighted by atomic mass is 35.7. The maximum atomic E-state index is 11.9. The molecule has 11 rings (SSSR count). The summed E-state index contributed by atoms with van der Waals surface area (Å²) in [5.41, 5.74) is 15.0. The van der Waals surface area contributed by atoms with Crippen molar-refractivity contribution in [1.29, 1.82) is 0 Å². The Morgan fingerprint density at radius 2 is 0.990 bits per heavy atom.